The standard InChI is InChI=1S/C19H12Cl2N2O5/c1-27-11-5-2-9(3-6-11)16(24)15-14-17(28-22-15)19(26)23(18(14)25)13-8-10(20)4-7-12(13)21/h2-8,14,17H,1H3/t14-,17-/m0/s1. The number of fused-ring (bicyclic) bond motifs is 1. The van der Waals surface area contributed by atoms with E-state index in [1.54, 1.807) is 24.3 Å². The van der Waals surface area contributed by atoms with Gasteiger partial charge < -0.3 is 9.57 Å². The highest BCUT2D eigenvalue weighted by Crippen LogP contribution is 2.38. The summed E-state index contributed by atoms with van der Waals surface area (Å²) in [6, 6.07) is 10.7. The Bertz CT molecular complexity index is 1040. The van der Waals surface area contributed by atoms with Gasteiger partial charge in [0.05, 0.1) is 17.8 Å². The number of benzene rings is 2. The van der Waals surface area contributed by atoms with Crippen LogP contribution < -0.4 is 9.64 Å². The van der Waals surface area contributed by atoms with E-state index in [1.165, 1.54) is 25.3 Å². The minimum atomic E-state index is -1.21. The van der Waals surface area contributed by atoms with Gasteiger partial charge in [-0.3, -0.25) is 14.4 Å². The van der Waals surface area contributed by atoms with Gasteiger partial charge in [-0.15, -0.1) is 0 Å². The number of amides is 2. The van der Waals surface area contributed by atoms with Gasteiger partial charge in [-0.05, 0) is 42.5 Å². The van der Waals surface area contributed by atoms with E-state index in [0.717, 1.165) is 4.90 Å². The van der Waals surface area contributed by atoms with Crippen LogP contribution in [0.2, 0.25) is 10.0 Å². The molecule has 0 N–H and O–H groups in total. The van der Waals surface area contributed by atoms with Crippen molar-refractivity contribution in [3.8, 4) is 5.75 Å². The molecular weight excluding hydrogens is 407 g/mol. The van der Waals surface area contributed by atoms with Gasteiger partial charge in [0.1, 0.15) is 17.4 Å². The van der Waals surface area contributed by atoms with Crippen LogP contribution in [0.1, 0.15) is 10.4 Å². The molecule has 2 aliphatic heterocycles. The van der Waals surface area contributed by atoms with E-state index >= 15 is 0 Å². The molecule has 0 bridgehead atoms. The van der Waals surface area contributed by atoms with Crippen LogP contribution in [0.25, 0.3) is 0 Å². The summed E-state index contributed by atoms with van der Waals surface area (Å²) in [7, 11) is 1.51. The number of oxime groups is 1. The lowest BCUT2D eigenvalue weighted by molar-refractivity contribution is -0.126. The van der Waals surface area contributed by atoms with E-state index in [2.05, 4.69) is 5.16 Å². The van der Waals surface area contributed by atoms with Crippen molar-refractivity contribution in [1.29, 1.82) is 0 Å². The maximum absolute atomic E-state index is 13.0. The Morgan fingerprint density at radius 2 is 1.82 bits per heavy atom. The zero-order chi connectivity index (χ0) is 20.0. The average Bonchev–Trinajstić information content (AvgIpc) is 3.24. The number of methoxy groups -OCH3 is 1. The van der Waals surface area contributed by atoms with E-state index in [9.17, 15) is 14.4 Å². The minimum absolute atomic E-state index is 0.130. The predicted octanol–water partition coefficient (Wildman–Crippen LogP) is 3.13. The number of hydrogen-bond donors (Lipinski definition) is 0. The number of carbonyl (C=O) groups excluding carboxylic acids is 3. The molecular formula is C19H12Cl2N2O5. The number of ketones is 1. The summed E-state index contributed by atoms with van der Waals surface area (Å²) < 4.78 is 5.06. The first-order valence-electron chi connectivity index (χ1n) is 8.17. The first kappa shape index (κ1) is 18.5. The second-order valence-electron chi connectivity index (χ2n) is 6.15. The Kier molecular flexibility index (Phi) is 4.56. The van der Waals surface area contributed by atoms with Crippen molar-refractivity contribution in [2.75, 3.05) is 12.0 Å². The molecule has 0 saturated carbocycles. The van der Waals surface area contributed by atoms with Crippen molar-refractivity contribution in [2.24, 2.45) is 11.1 Å². The Morgan fingerprint density at radius 3 is 2.50 bits per heavy atom. The van der Waals surface area contributed by atoms with Crippen LogP contribution in [-0.4, -0.2) is 36.5 Å². The SMILES string of the molecule is COc1ccc(C(=O)C2=NO[C@@H]3C(=O)N(c4cc(Cl)ccc4Cl)C(=O)[C@@H]23)cc1. The largest absolute Gasteiger partial charge is 0.497 e. The number of anilines is 1. The van der Waals surface area contributed by atoms with E-state index in [1.807, 2.05) is 0 Å². The third kappa shape index (κ3) is 2.83. The molecule has 1 saturated heterocycles. The van der Waals surface area contributed by atoms with Gasteiger partial charge in [-0.1, -0.05) is 28.4 Å². The number of imide groups is 1. The summed E-state index contributed by atoms with van der Waals surface area (Å²) in [4.78, 5) is 44.6. The fourth-order valence-electron chi connectivity index (χ4n) is 3.15. The Balaban J connectivity index is 1.66. The molecule has 0 spiro atoms. The molecule has 28 heavy (non-hydrogen) atoms. The zero-order valence-electron chi connectivity index (χ0n) is 14.4. The highest BCUT2D eigenvalue weighted by Gasteiger charge is 2.57. The lowest BCUT2D eigenvalue weighted by Crippen LogP contribution is -2.34. The highest BCUT2D eigenvalue weighted by atomic mass is 35.5. The molecule has 2 aromatic rings. The molecule has 0 radical (unpaired) electrons. The van der Waals surface area contributed by atoms with Gasteiger partial charge >= 0.3 is 0 Å². The van der Waals surface area contributed by atoms with Gasteiger partial charge in [0, 0.05) is 10.6 Å². The average molecular weight is 419 g/mol. The summed E-state index contributed by atoms with van der Waals surface area (Å²) in [5.41, 5.74) is 0.302. The summed E-state index contributed by atoms with van der Waals surface area (Å²) >= 11 is 12.1. The lowest BCUT2D eigenvalue weighted by Gasteiger charge is -2.17. The summed E-state index contributed by atoms with van der Waals surface area (Å²) in [5.74, 6) is -2.36. The first-order valence-corrected chi connectivity index (χ1v) is 8.93. The summed E-state index contributed by atoms with van der Waals surface area (Å²) in [6.45, 7) is 0. The van der Waals surface area contributed by atoms with Crippen molar-refractivity contribution in [3.63, 3.8) is 0 Å². The van der Waals surface area contributed by atoms with Gasteiger partial charge in [-0.25, -0.2) is 4.90 Å². The third-order valence-corrected chi connectivity index (χ3v) is 5.10. The number of halogens is 2. The number of rotatable bonds is 4. The van der Waals surface area contributed by atoms with Crippen LogP contribution in [0, 0.1) is 5.92 Å². The second kappa shape index (κ2) is 6.92. The molecule has 2 aromatic carbocycles. The number of Topliss-reactive ketones (excluding diaryl/α,β-unsaturated/α-hetero) is 1. The van der Waals surface area contributed by atoms with Gasteiger partial charge in [0.2, 0.25) is 17.8 Å². The molecule has 2 heterocycles. The molecule has 2 atom stereocenters. The van der Waals surface area contributed by atoms with Gasteiger partial charge in [0.25, 0.3) is 5.91 Å². The van der Waals surface area contributed by atoms with Crippen LogP contribution in [0.3, 0.4) is 0 Å². The van der Waals surface area contributed by atoms with Crippen LogP contribution in [-0.2, 0) is 14.4 Å². The second-order valence-corrected chi connectivity index (χ2v) is 6.99. The van der Waals surface area contributed by atoms with Crippen molar-refractivity contribution in [1.82, 2.24) is 0 Å². The number of carbonyl (C=O) groups is 3. The molecule has 7 nitrogen and oxygen atoms in total. The maximum atomic E-state index is 13.0. The van der Waals surface area contributed by atoms with Crippen LogP contribution in [0.5, 0.6) is 5.75 Å². The lowest BCUT2D eigenvalue weighted by atomic mass is 9.93. The quantitative estimate of drug-likeness (QED) is 0.562. The number of ether oxygens (including phenoxy) is 1. The van der Waals surface area contributed by atoms with E-state index < -0.39 is 29.6 Å². The predicted molar refractivity (Wildman–Crippen MR) is 102 cm³/mol. The van der Waals surface area contributed by atoms with Gasteiger partial charge in [0.15, 0.2) is 0 Å². The number of nitrogens with zero attached hydrogens (tertiary/aromatic N) is 2. The monoisotopic (exact) mass is 418 g/mol. The summed E-state index contributed by atoms with van der Waals surface area (Å²) in [5, 5.41) is 4.20. The fraction of sp³-hybridized carbons (Fsp3) is 0.158. The molecule has 0 aliphatic carbocycles. The molecule has 2 amide bonds. The topological polar surface area (TPSA) is 85.3 Å². The smallest absolute Gasteiger partial charge is 0.279 e. The maximum Gasteiger partial charge on any atom is 0.279 e. The van der Waals surface area contributed by atoms with E-state index in [4.69, 9.17) is 32.8 Å². The fourth-order valence-corrected chi connectivity index (χ4v) is 3.52. The molecule has 4 rings (SSSR count). The molecule has 0 unspecified atom stereocenters. The first-order chi connectivity index (χ1) is 13.4. The van der Waals surface area contributed by atoms with E-state index in [0.29, 0.717) is 16.3 Å². The minimum Gasteiger partial charge on any atom is -0.497 e. The third-order valence-electron chi connectivity index (χ3n) is 4.55. The Hall–Kier alpha value is -2.90. The van der Waals surface area contributed by atoms with Crippen molar-refractivity contribution in [3.05, 3.63) is 58.1 Å². The van der Waals surface area contributed by atoms with Crippen LogP contribution in [0.4, 0.5) is 5.69 Å². The summed E-state index contributed by atoms with van der Waals surface area (Å²) in [6.07, 6.45) is -1.21. The Labute approximate surface area is 169 Å². The van der Waals surface area contributed by atoms with E-state index in [-0.39, 0.29) is 16.4 Å². The molecule has 9 heteroatoms. The van der Waals surface area contributed by atoms with Crippen molar-refractivity contribution >= 4 is 52.2 Å². The van der Waals surface area contributed by atoms with Crippen LogP contribution in [0.15, 0.2) is 47.6 Å². The zero-order valence-corrected chi connectivity index (χ0v) is 15.9. The molecule has 0 aromatic heterocycles. The van der Waals surface area contributed by atoms with Gasteiger partial charge in [-0.2, -0.15) is 0 Å². The Morgan fingerprint density at radius 1 is 1.11 bits per heavy atom. The van der Waals surface area contributed by atoms with Crippen molar-refractivity contribution in [2.45, 2.75) is 6.10 Å². The molecule has 1 fully saturated rings. The highest BCUT2D eigenvalue weighted by molar-refractivity contribution is 6.53. The molecule has 142 valence electrons. The normalized spacial score (nSPS) is 20.7. The molecule has 2 aliphatic rings. The van der Waals surface area contributed by atoms with Crippen LogP contribution >= 0.6 is 23.2 Å². The van der Waals surface area contributed by atoms with Crippen molar-refractivity contribution < 1.29 is 24.0 Å². The number of hydrogen-bond acceptors (Lipinski definition) is 6.